The summed E-state index contributed by atoms with van der Waals surface area (Å²) in [6.07, 6.45) is 4.32. The van der Waals surface area contributed by atoms with Crippen LogP contribution in [0.5, 0.6) is 0 Å². The maximum absolute atomic E-state index is 14.0. The number of rotatable bonds is 9. The van der Waals surface area contributed by atoms with E-state index < -0.39 is 45.6 Å². The van der Waals surface area contributed by atoms with E-state index in [0.29, 0.717) is 31.0 Å². The van der Waals surface area contributed by atoms with Gasteiger partial charge in [0.2, 0.25) is 5.78 Å². The summed E-state index contributed by atoms with van der Waals surface area (Å²) in [6, 6.07) is 2.57. The molecular weight excluding hydrogens is 503 g/mol. The van der Waals surface area contributed by atoms with Gasteiger partial charge in [0.05, 0.1) is 30.5 Å². The summed E-state index contributed by atoms with van der Waals surface area (Å²) in [5.74, 6) is -4.49. The third kappa shape index (κ3) is 6.13. The molecule has 3 N–H and O–H groups in total. The summed E-state index contributed by atoms with van der Waals surface area (Å²) in [5.41, 5.74) is 0.474. The zero-order valence-electron chi connectivity index (χ0n) is 18.7. The summed E-state index contributed by atoms with van der Waals surface area (Å²) < 4.78 is 68.5. The Labute approximate surface area is 204 Å². The van der Waals surface area contributed by atoms with Crippen molar-refractivity contribution in [1.29, 1.82) is 0 Å². The van der Waals surface area contributed by atoms with E-state index in [1.807, 2.05) is 0 Å². The van der Waals surface area contributed by atoms with Gasteiger partial charge < -0.3 is 5.11 Å². The summed E-state index contributed by atoms with van der Waals surface area (Å²) in [4.78, 5) is 21.2. The fourth-order valence-electron chi connectivity index (χ4n) is 4.29. The number of ketones is 1. The number of carbonyl (C=O) groups excluding carboxylic acids is 1. The Morgan fingerprint density at radius 3 is 2.69 bits per heavy atom. The van der Waals surface area contributed by atoms with Gasteiger partial charge in [-0.25, -0.2) is 28.3 Å². The standard InChI is InChI=1S/C22H22F3N5O5S/c23-16-7-18(25)17(24)6-13(16)9-30-2-1-19(29-30)22(32)15-8-27-11-28-20(15)4-12-3-14(21(31)5-12)10-35-36(26,33)34/h1-2,6-8,11-12,14,21,31H,3-5,9-10H2,(H2,26,33,34)/t12-,14+,21-/m0/s1. The van der Waals surface area contributed by atoms with E-state index in [2.05, 4.69) is 19.2 Å². The lowest BCUT2D eigenvalue weighted by atomic mass is 9.96. The number of benzene rings is 1. The minimum atomic E-state index is -4.13. The van der Waals surface area contributed by atoms with E-state index in [4.69, 9.17) is 5.14 Å². The summed E-state index contributed by atoms with van der Waals surface area (Å²) in [7, 11) is -4.13. The molecule has 0 amide bonds. The Bertz CT molecular complexity index is 1380. The molecule has 2 heterocycles. The van der Waals surface area contributed by atoms with Crippen LogP contribution in [0, 0.1) is 29.3 Å². The molecule has 14 heteroatoms. The Morgan fingerprint density at radius 1 is 1.19 bits per heavy atom. The predicted octanol–water partition coefficient (Wildman–Crippen LogP) is 1.52. The summed E-state index contributed by atoms with van der Waals surface area (Å²) in [5, 5.41) is 19.2. The van der Waals surface area contributed by atoms with Crippen molar-refractivity contribution < 1.29 is 35.7 Å². The quantitative estimate of drug-likeness (QED) is 0.315. The Balaban J connectivity index is 1.46. The topological polar surface area (TPSA) is 150 Å². The molecule has 0 unspecified atom stereocenters. The number of nitrogens with two attached hydrogens (primary N) is 1. The Kier molecular flexibility index (Phi) is 7.49. The van der Waals surface area contributed by atoms with Gasteiger partial charge in [-0.05, 0) is 37.3 Å². The number of aliphatic hydroxyl groups excluding tert-OH is 1. The van der Waals surface area contributed by atoms with Crippen molar-refractivity contribution in [1.82, 2.24) is 19.7 Å². The van der Waals surface area contributed by atoms with Crippen molar-refractivity contribution in [2.24, 2.45) is 17.0 Å². The third-order valence-electron chi connectivity index (χ3n) is 6.02. The van der Waals surface area contributed by atoms with Gasteiger partial charge in [0.25, 0.3) is 0 Å². The SMILES string of the molecule is NS(=O)(=O)OC[C@H]1C[C@@H](Cc2ncncc2C(=O)c2ccn(Cc3cc(F)c(F)cc3F)n2)C[C@@H]1O. The molecule has 1 aliphatic rings. The molecule has 0 radical (unpaired) electrons. The van der Waals surface area contributed by atoms with E-state index in [-0.39, 0.29) is 35.9 Å². The number of nitrogens with zero attached hydrogens (tertiary/aromatic N) is 4. The van der Waals surface area contributed by atoms with Crippen LogP contribution in [0.4, 0.5) is 13.2 Å². The summed E-state index contributed by atoms with van der Waals surface area (Å²) in [6.45, 7) is -0.474. The lowest BCUT2D eigenvalue weighted by Gasteiger charge is -2.13. The van der Waals surface area contributed by atoms with Crippen molar-refractivity contribution >= 4 is 16.1 Å². The lowest BCUT2D eigenvalue weighted by Crippen LogP contribution is -2.24. The average molecular weight is 526 g/mol. The average Bonchev–Trinajstić information content (AvgIpc) is 3.41. The first-order chi connectivity index (χ1) is 17.0. The van der Waals surface area contributed by atoms with Crippen LogP contribution in [0.1, 0.15) is 40.2 Å². The van der Waals surface area contributed by atoms with E-state index >= 15 is 0 Å². The highest BCUT2D eigenvalue weighted by atomic mass is 32.2. The van der Waals surface area contributed by atoms with E-state index in [1.54, 1.807) is 0 Å². The lowest BCUT2D eigenvalue weighted by molar-refractivity contribution is 0.100. The molecule has 2 aromatic heterocycles. The van der Waals surface area contributed by atoms with Crippen LogP contribution in [0.15, 0.2) is 36.9 Å². The maximum atomic E-state index is 14.0. The molecule has 10 nitrogen and oxygen atoms in total. The van der Waals surface area contributed by atoms with Gasteiger partial charge in [-0.15, -0.1) is 0 Å². The van der Waals surface area contributed by atoms with E-state index in [9.17, 15) is 31.5 Å². The van der Waals surface area contributed by atoms with Crippen LogP contribution >= 0.6 is 0 Å². The summed E-state index contributed by atoms with van der Waals surface area (Å²) >= 11 is 0. The van der Waals surface area contributed by atoms with E-state index in [1.165, 1.54) is 29.5 Å². The molecule has 192 valence electrons. The highest BCUT2D eigenvalue weighted by Gasteiger charge is 2.35. The molecule has 0 bridgehead atoms. The minimum Gasteiger partial charge on any atom is -0.393 e. The Morgan fingerprint density at radius 2 is 1.94 bits per heavy atom. The van der Waals surface area contributed by atoms with Gasteiger partial charge in [-0.3, -0.25) is 13.7 Å². The molecule has 1 aliphatic carbocycles. The van der Waals surface area contributed by atoms with Gasteiger partial charge >= 0.3 is 10.3 Å². The fourth-order valence-corrected chi connectivity index (χ4v) is 4.66. The molecule has 3 atom stereocenters. The molecule has 0 saturated heterocycles. The highest BCUT2D eigenvalue weighted by molar-refractivity contribution is 7.84. The van der Waals surface area contributed by atoms with Gasteiger partial charge in [0, 0.05) is 29.9 Å². The molecule has 36 heavy (non-hydrogen) atoms. The third-order valence-corrected chi connectivity index (χ3v) is 6.48. The van der Waals surface area contributed by atoms with Crippen LogP contribution in [0.25, 0.3) is 0 Å². The molecule has 1 saturated carbocycles. The first-order valence-corrected chi connectivity index (χ1v) is 12.3. The zero-order valence-corrected chi connectivity index (χ0v) is 19.5. The van der Waals surface area contributed by atoms with Gasteiger partial charge in [0.1, 0.15) is 17.8 Å². The van der Waals surface area contributed by atoms with Gasteiger partial charge in [0.15, 0.2) is 11.6 Å². The monoisotopic (exact) mass is 525 g/mol. The molecule has 1 aromatic carbocycles. The fraction of sp³-hybridized carbons (Fsp3) is 0.364. The maximum Gasteiger partial charge on any atom is 0.333 e. The second-order valence-corrected chi connectivity index (χ2v) is 9.84. The molecule has 0 aliphatic heterocycles. The molecule has 3 aromatic rings. The second kappa shape index (κ2) is 10.4. The predicted molar refractivity (Wildman–Crippen MR) is 118 cm³/mol. The largest absolute Gasteiger partial charge is 0.393 e. The van der Waals surface area contributed by atoms with Crippen LogP contribution < -0.4 is 5.14 Å². The van der Waals surface area contributed by atoms with Crippen molar-refractivity contribution in [3.63, 3.8) is 0 Å². The van der Waals surface area contributed by atoms with Crippen molar-refractivity contribution in [2.45, 2.75) is 31.9 Å². The number of aliphatic hydroxyl groups is 1. The van der Waals surface area contributed by atoms with Crippen molar-refractivity contribution in [3.05, 3.63) is 76.9 Å². The van der Waals surface area contributed by atoms with Gasteiger partial charge in [-0.1, -0.05) is 0 Å². The zero-order chi connectivity index (χ0) is 26.0. The smallest absolute Gasteiger partial charge is 0.333 e. The molecular formula is C22H22F3N5O5S. The first-order valence-electron chi connectivity index (χ1n) is 10.9. The number of hydrogen-bond donors (Lipinski definition) is 2. The number of hydrogen-bond acceptors (Lipinski definition) is 8. The van der Waals surface area contributed by atoms with Gasteiger partial charge in [-0.2, -0.15) is 13.5 Å². The molecule has 0 spiro atoms. The molecule has 4 rings (SSSR count). The molecule has 1 fully saturated rings. The normalized spacial score (nSPS) is 20.1. The van der Waals surface area contributed by atoms with Crippen LogP contribution in [-0.4, -0.2) is 51.8 Å². The number of halogens is 3. The van der Waals surface area contributed by atoms with Crippen LogP contribution in [0.3, 0.4) is 0 Å². The highest BCUT2D eigenvalue weighted by Crippen LogP contribution is 2.34. The number of carbonyl (C=O) groups is 1. The van der Waals surface area contributed by atoms with Crippen LogP contribution in [-0.2, 0) is 27.5 Å². The first kappa shape index (κ1) is 25.9. The number of aromatic nitrogens is 4. The van der Waals surface area contributed by atoms with Crippen molar-refractivity contribution in [3.8, 4) is 0 Å². The van der Waals surface area contributed by atoms with Crippen molar-refractivity contribution in [2.75, 3.05) is 6.61 Å². The minimum absolute atomic E-state index is 0.0138. The van der Waals surface area contributed by atoms with E-state index in [0.717, 1.165) is 6.07 Å². The second-order valence-electron chi connectivity index (χ2n) is 8.61. The Hall–Kier alpha value is -3.20. The van der Waals surface area contributed by atoms with Crippen LogP contribution in [0.2, 0.25) is 0 Å².